The van der Waals surface area contributed by atoms with Crippen LogP contribution in [0.2, 0.25) is 0 Å². The van der Waals surface area contributed by atoms with E-state index in [1.54, 1.807) is 36.4 Å². The van der Waals surface area contributed by atoms with E-state index in [9.17, 15) is 14.0 Å². The zero-order chi connectivity index (χ0) is 24.4. The molecule has 0 aliphatic carbocycles. The van der Waals surface area contributed by atoms with E-state index in [1.807, 2.05) is 42.2 Å². The van der Waals surface area contributed by atoms with Gasteiger partial charge in [-0.2, -0.15) is 0 Å². The highest BCUT2D eigenvalue weighted by Gasteiger charge is 2.30. The molecular formula is C28H26FN3O3. The summed E-state index contributed by atoms with van der Waals surface area (Å²) in [5, 5.41) is 2.69. The van der Waals surface area contributed by atoms with Gasteiger partial charge in [-0.05, 0) is 61.2 Å². The number of carbonyl (C=O) groups is 2. The lowest BCUT2D eigenvalue weighted by atomic mass is 9.84. The van der Waals surface area contributed by atoms with Crippen molar-refractivity contribution < 1.29 is 18.4 Å². The first-order valence-corrected chi connectivity index (χ1v) is 11.8. The van der Waals surface area contributed by atoms with Gasteiger partial charge >= 0.3 is 0 Å². The third-order valence-corrected chi connectivity index (χ3v) is 6.73. The number of oxazole rings is 1. The van der Waals surface area contributed by atoms with E-state index in [4.69, 9.17) is 4.42 Å². The minimum Gasteiger partial charge on any atom is -0.436 e. The lowest BCUT2D eigenvalue weighted by molar-refractivity contribution is -0.121. The van der Waals surface area contributed by atoms with E-state index in [1.165, 1.54) is 6.07 Å². The summed E-state index contributed by atoms with van der Waals surface area (Å²) in [6, 6.07) is 21.1. The number of nitrogens with one attached hydrogen (secondary N) is 1. The van der Waals surface area contributed by atoms with Gasteiger partial charge in [0.1, 0.15) is 11.3 Å². The van der Waals surface area contributed by atoms with Crippen molar-refractivity contribution in [1.29, 1.82) is 0 Å². The first-order chi connectivity index (χ1) is 17.0. The molecule has 1 unspecified atom stereocenters. The Kier molecular flexibility index (Phi) is 6.31. The summed E-state index contributed by atoms with van der Waals surface area (Å²) in [7, 11) is 0. The summed E-state index contributed by atoms with van der Waals surface area (Å²) in [5.41, 5.74) is 2.91. The van der Waals surface area contributed by atoms with Gasteiger partial charge in [-0.25, -0.2) is 9.37 Å². The zero-order valence-corrected chi connectivity index (χ0v) is 19.4. The molecule has 0 saturated carbocycles. The van der Waals surface area contributed by atoms with Gasteiger partial charge in [0.05, 0.1) is 5.69 Å². The Morgan fingerprint density at radius 3 is 2.49 bits per heavy atom. The molecule has 1 fully saturated rings. The van der Waals surface area contributed by atoms with Crippen LogP contribution in [0.15, 0.2) is 77.2 Å². The monoisotopic (exact) mass is 471 g/mol. The molecule has 6 nitrogen and oxygen atoms in total. The molecular weight excluding hydrogens is 445 g/mol. The first kappa shape index (κ1) is 22.8. The highest BCUT2D eigenvalue weighted by molar-refractivity contribution is 5.97. The maximum atomic E-state index is 13.9. The number of para-hydroxylation sites is 1. The van der Waals surface area contributed by atoms with Gasteiger partial charge in [0.2, 0.25) is 11.8 Å². The minimum atomic E-state index is -0.451. The lowest BCUT2D eigenvalue weighted by Crippen LogP contribution is -2.41. The van der Waals surface area contributed by atoms with Crippen molar-refractivity contribution in [2.75, 3.05) is 18.4 Å². The van der Waals surface area contributed by atoms with Crippen LogP contribution in [0.25, 0.3) is 22.6 Å². The number of amides is 2. The lowest BCUT2D eigenvalue weighted by Gasteiger charge is -2.34. The van der Waals surface area contributed by atoms with Crippen LogP contribution in [0.3, 0.4) is 0 Å². The van der Waals surface area contributed by atoms with Gasteiger partial charge in [-0.15, -0.1) is 0 Å². The summed E-state index contributed by atoms with van der Waals surface area (Å²) in [6.07, 6.45) is 1.42. The topological polar surface area (TPSA) is 75.4 Å². The van der Waals surface area contributed by atoms with Crippen LogP contribution < -0.4 is 5.32 Å². The molecule has 35 heavy (non-hydrogen) atoms. The third kappa shape index (κ3) is 4.80. The van der Waals surface area contributed by atoms with Gasteiger partial charge in [-0.3, -0.25) is 9.59 Å². The molecule has 0 spiro atoms. The smallest absolute Gasteiger partial charge is 0.253 e. The molecule has 1 atom stereocenters. The highest BCUT2D eigenvalue weighted by atomic mass is 19.1. The van der Waals surface area contributed by atoms with Crippen molar-refractivity contribution in [2.45, 2.75) is 19.8 Å². The SMILES string of the molecule is CC(C(=O)Nc1ccccc1F)C1CCN(C(=O)c2ccc3oc(-c4ccccc4)nc3c2)CC1. The standard InChI is InChI=1S/C28H26FN3O3/c1-18(26(33)30-23-10-6-5-9-22(23)29)19-13-15-32(16-14-19)28(34)21-11-12-25-24(17-21)31-27(35-25)20-7-3-2-4-8-20/h2-12,17-19H,13-16H2,1H3,(H,30,33). The first-order valence-electron chi connectivity index (χ1n) is 11.8. The van der Waals surface area contributed by atoms with Gasteiger partial charge in [-0.1, -0.05) is 37.3 Å². The number of piperidine rings is 1. The molecule has 1 aliphatic heterocycles. The summed E-state index contributed by atoms with van der Waals surface area (Å²) >= 11 is 0. The van der Waals surface area contributed by atoms with Crippen molar-refractivity contribution in [3.63, 3.8) is 0 Å². The van der Waals surface area contributed by atoms with Gasteiger partial charge in [0.15, 0.2) is 5.58 Å². The molecule has 1 aromatic heterocycles. The molecule has 3 aromatic carbocycles. The Morgan fingerprint density at radius 1 is 1.03 bits per heavy atom. The number of fused-ring (bicyclic) bond motifs is 1. The number of carbonyl (C=O) groups excluding carboxylic acids is 2. The fraction of sp³-hybridized carbons (Fsp3) is 0.250. The van der Waals surface area contributed by atoms with Crippen LogP contribution in [-0.2, 0) is 4.79 Å². The van der Waals surface area contributed by atoms with E-state index in [0.29, 0.717) is 48.5 Å². The number of likely N-dealkylation sites (tertiary alicyclic amines) is 1. The third-order valence-electron chi connectivity index (χ3n) is 6.73. The Balaban J connectivity index is 1.21. The van der Waals surface area contributed by atoms with Gasteiger partial charge < -0.3 is 14.6 Å². The minimum absolute atomic E-state index is 0.0573. The molecule has 0 radical (unpaired) electrons. The maximum absolute atomic E-state index is 13.9. The molecule has 1 aliphatic rings. The van der Waals surface area contributed by atoms with E-state index >= 15 is 0 Å². The maximum Gasteiger partial charge on any atom is 0.253 e. The second-order valence-electron chi connectivity index (χ2n) is 8.95. The quantitative estimate of drug-likeness (QED) is 0.402. The number of aromatic nitrogens is 1. The summed E-state index contributed by atoms with van der Waals surface area (Å²) < 4.78 is 19.7. The molecule has 1 saturated heterocycles. The normalized spacial score (nSPS) is 15.2. The van der Waals surface area contributed by atoms with E-state index in [-0.39, 0.29) is 29.3 Å². The van der Waals surface area contributed by atoms with Crippen LogP contribution in [-0.4, -0.2) is 34.8 Å². The zero-order valence-electron chi connectivity index (χ0n) is 19.4. The van der Waals surface area contributed by atoms with Crippen molar-refractivity contribution in [1.82, 2.24) is 9.88 Å². The van der Waals surface area contributed by atoms with Crippen LogP contribution in [0.4, 0.5) is 10.1 Å². The van der Waals surface area contributed by atoms with Crippen LogP contribution in [0, 0.1) is 17.7 Å². The number of nitrogens with zero attached hydrogens (tertiary/aromatic N) is 2. The van der Waals surface area contributed by atoms with Crippen molar-refractivity contribution >= 4 is 28.6 Å². The predicted octanol–water partition coefficient (Wildman–Crippen LogP) is 5.76. The Morgan fingerprint density at radius 2 is 1.74 bits per heavy atom. The molecule has 5 rings (SSSR count). The van der Waals surface area contributed by atoms with Gasteiger partial charge in [0.25, 0.3) is 5.91 Å². The predicted molar refractivity (Wildman–Crippen MR) is 132 cm³/mol. The molecule has 1 N–H and O–H groups in total. The van der Waals surface area contributed by atoms with Crippen LogP contribution in [0.1, 0.15) is 30.1 Å². The second-order valence-corrected chi connectivity index (χ2v) is 8.95. The summed E-state index contributed by atoms with van der Waals surface area (Å²) in [6.45, 7) is 2.99. The highest BCUT2D eigenvalue weighted by Crippen LogP contribution is 2.29. The van der Waals surface area contributed by atoms with E-state index in [2.05, 4.69) is 10.3 Å². The van der Waals surface area contributed by atoms with Crippen LogP contribution >= 0.6 is 0 Å². The summed E-state index contributed by atoms with van der Waals surface area (Å²) in [4.78, 5) is 32.2. The average Bonchev–Trinajstić information content (AvgIpc) is 3.33. The Bertz CT molecular complexity index is 1360. The number of hydrogen-bond acceptors (Lipinski definition) is 4. The Labute approximate surface area is 202 Å². The molecule has 4 aromatic rings. The van der Waals surface area contributed by atoms with Gasteiger partial charge in [0, 0.05) is 30.1 Å². The molecule has 7 heteroatoms. The fourth-order valence-corrected chi connectivity index (χ4v) is 4.57. The van der Waals surface area contributed by atoms with E-state index < -0.39 is 5.82 Å². The number of benzene rings is 3. The van der Waals surface area contributed by atoms with Crippen LogP contribution in [0.5, 0.6) is 0 Å². The fourth-order valence-electron chi connectivity index (χ4n) is 4.57. The average molecular weight is 472 g/mol. The van der Waals surface area contributed by atoms with E-state index in [0.717, 1.165) is 5.56 Å². The van der Waals surface area contributed by atoms with Crippen molar-refractivity contribution in [2.24, 2.45) is 11.8 Å². The number of halogens is 1. The second kappa shape index (κ2) is 9.70. The number of rotatable bonds is 5. The molecule has 178 valence electrons. The molecule has 2 amide bonds. The molecule has 0 bridgehead atoms. The molecule has 2 heterocycles. The number of hydrogen-bond donors (Lipinski definition) is 1. The summed E-state index contributed by atoms with van der Waals surface area (Å²) in [5.74, 6) is -0.349. The largest absolute Gasteiger partial charge is 0.436 e. The number of anilines is 1. The van der Waals surface area contributed by atoms with Crippen molar-refractivity contribution in [3.8, 4) is 11.5 Å². The van der Waals surface area contributed by atoms with Crippen molar-refractivity contribution in [3.05, 3.63) is 84.2 Å². The Hall–Kier alpha value is -4.00.